The lowest BCUT2D eigenvalue weighted by Crippen LogP contribution is -2.49. The predicted octanol–water partition coefficient (Wildman–Crippen LogP) is 1.48. The summed E-state index contributed by atoms with van der Waals surface area (Å²) in [6.07, 6.45) is 3.75. The van der Waals surface area contributed by atoms with Crippen LogP contribution in [0, 0.1) is 10.8 Å². The third kappa shape index (κ3) is 2.43. The van der Waals surface area contributed by atoms with Crippen molar-refractivity contribution < 1.29 is 14.7 Å². The standard InChI is InChI=1S/C15H26N2O3/c1-3-14(5-8-16-9-6-14)12(18)17-10-7-15(4-2,11-17)13(19)20/h16H,3-11H2,1-2H3,(H,19,20). The van der Waals surface area contributed by atoms with Crippen molar-refractivity contribution in [3.8, 4) is 0 Å². The van der Waals surface area contributed by atoms with E-state index in [-0.39, 0.29) is 11.3 Å². The average molecular weight is 282 g/mol. The van der Waals surface area contributed by atoms with Gasteiger partial charge < -0.3 is 15.3 Å². The van der Waals surface area contributed by atoms with Gasteiger partial charge in [-0.25, -0.2) is 0 Å². The van der Waals surface area contributed by atoms with Gasteiger partial charge in [-0.1, -0.05) is 13.8 Å². The lowest BCUT2D eigenvalue weighted by Gasteiger charge is -2.38. The van der Waals surface area contributed by atoms with Gasteiger partial charge in [-0.2, -0.15) is 0 Å². The molecule has 0 aromatic rings. The molecule has 0 aromatic heterocycles. The summed E-state index contributed by atoms with van der Waals surface area (Å²) in [7, 11) is 0. The number of amides is 1. The molecule has 2 aliphatic heterocycles. The molecule has 0 spiro atoms. The molecule has 2 fully saturated rings. The molecule has 0 aromatic carbocycles. The Kier molecular flexibility index (Phi) is 4.37. The molecule has 1 atom stereocenters. The van der Waals surface area contributed by atoms with E-state index >= 15 is 0 Å². The number of rotatable bonds is 4. The number of piperidine rings is 1. The Hall–Kier alpha value is -1.10. The van der Waals surface area contributed by atoms with Crippen LogP contribution in [-0.2, 0) is 9.59 Å². The number of hydrogen-bond acceptors (Lipinski definition) is 3. The van der Waals surface area contributed by atoms with Crippen molar-refractivity contribution in [3.63, 3.8) is 0 Å². The minimum Gasteiger partial charge on any atom is -0.481 e. The zero-order valence-corrected chi connectivity index (χ0v) is 12.6. The highest BCUT2D eigenvalue weighted by Gasteiger charge is 2.49. The van der Waals surface area contributed by atoms with Crippen LogP contribution in [0.2, 0.25) is 0 Å². The monoisotopic (exact) mass is 282 g/mol. The average Bonchev–Trinajstić information content (AvgIpc) is 2.93. The summed E-state index contributed by atoms with van der Waals surface area (Å²) in [5.74, 6) is -0.579. The molecule has 0 radical (unpaired) electrons. The molecule has 20 heavy (non-hydrogen) atoms. The van der Waals surface area contributed by atoms with E-state index in [9.17, 15) is 14.7 Å². The lowest BCUT2D eigenvalue weighted by molar-refractivity contribution is -0.150. The van der Waals surface area contributed by atoms with E-state index < -0.39 is 11.4 Å². The predicted molar refractivity (Wildman–Crippen MR) is 76.4 cm³/mol. The van der Waals surface area contributed by atoms with Gasteiger partial charge in [0, 0.05) is 13.1 Å². The summed E-state index contributed by atoms with van der Waals surface area (Å²) >= 11 is 0. The molecule has 0 saturated carbocycles. The second-order valence-electron chi connectivity index (χ2n) is 6.30. The first-order valence-corrected chi connectivity index (χ1v) is 7.73. The van der Waals surface area contributed by atoms with Gasteiger partial charge in [0.1, 0.15) is 0 Å². The first-order chi connectivity index (χ1) is 9.49. The molecule has 1 amide bonds. The summed E-state index contributed by atoms with van der Waals surface area (Å²) in [5, 5.41) is 12.7. The molecule has 2 saturated heterocycles. The van der Waals surface area contributed by atoms with E-state index in [1.54, 1.807) is 0 Å². The smallest absolute Gasteiger partial charge is 0.311 e. The number of likely N-dealkylation sites (tertiary alicyclic amines) is 1. The minimum atomic E-state index is -0.758. The molecular formula is C15H26N2O3. The van der Waals surface area contributed by atoms with Crippen LogP contribution in [0.1, 0.15) is 46.0 Å². The molecule has 2 N–H and O–H groups in total. The molecule has 0 aliphatic carbocycles. The van der Waals surface area contributed by atoms with Crippen LogP contribution in [0.25, 0.3) is 0 Å². The van der Waals surface area contributed by atoms with Gasteiger partial charge in [0.25, 0.3) is 0 Å². The van der Waals surface area contributed by atoms with Crippen LogP contribution in [0.4, 0.5) is 0 Å². The maximum absolute atomic E-state index is 12.9. The maximum atomic E-state index is 12.9. The van der Waals surface area contributed by atoms with Crippen LogP contribution in [0.5, 0.6) is 0 Å². The molecule has 2 heterocycles. The number of carbonyl (C=O) groups is 2. The summed E-state index contributed by atoms with van der Waals surface area (Å²) in [6.45, 7) is 6.71. The Labute approximate surface area is 120 Å². The number of hydrogen-bond donors (Lipinski definition) is 2. The highest BCUT2D eigenvalue weighted by Crippen LogP contribution is 2.40. The second kappa shape index (κ2) is 5.72. The third-order valence-corrected chi connectivity index (χ3v) is 5.46. The number of nitrogens with one attached hydrogen (secondary N) is 1. The van der Waals surface area contributed by atoms with E-state index in [1.807, 2.05) is 11.8 Å². The molecule has 0 bridgehead atoms. The second-order valence-corrected chi connectivity index (χ2v) is 6.30. The van der Waals surface area contributed by atoms with Gasteiger partial charge in [0.2, 0.25) is 5.91 Å². The first-order valence-electron chi connectivity index (χ1n) is 7.73. The number of carboxylic acid groups (broad SMARTS) is 1. The van der Waals surface area contributed by atoms with Crippen LogP contribution in [0.3, 0.4) is 0 Å². The number of carbonyl (C=O) groups excluding carboxylic acids is 1. The van der Waals surface area contributed by atoms with Crippen LogP contribution in [0.15, 0.2) is 0 Å². The Morgan fingerprint density at radius 1 is 1.10 bits per heavy atom. The zero-order chi connectivity index (χ0) is 14.8. The topological polar surface area (TPSA) is 69.6 Å². The molecular weight excluding hydrogens is 256 g/mol. The van der Waals surface area contributed by atoms with Crippen molar-refractivity contribution in [2.75, 3.05) is 26.2 Å². The molecule has 2 rings (SSSR count). The quantitative estimate of drug-likeness (QED) is 0.819. The number of aliphatic carboxylic acids is 1. The van der Waals surface area contributed by atoms with Crippen molar-refractivity contribution in [2.45, 2.75) is 46.0 Å². The fourth-order valence-electron chi connectivity index (χ4n) is 3.62. The Bertz CT molecular complexity index is 391. The molecule has 5 nitrogen and oxygen atoms in total. The van der Waals surface area contributed by atoms with Crippen LogP contribution < -0.4 is 5.32 Å². The minimum absolute atomic E-state index is 0.179. The highest BCUT2D eigenvalue weighted by atomic mass is 16.4. The summed E-state index contributed by atoms with van der Waals surface area (Å²) in [6, 6.07) is 0. The third-order valence-electron chi connectivity index (χ3n) is 5.46. The van der Waals surface area contributed by atoms with Gasteiger partial charge in [0.05, 0.1) is 10.8 Å². The number of nitrogens with zero attached hydrogens (tertiary/aromatic N) is 1. The lowest BCUT2D eigenvalue weighted by atomic mass is 9.75. The molecule has 5 heteroatoms. The fourth-order valence-corrected chi connectivity index (χ4v) is 3.62. The van der Waals surface area contributed by atoms with Gasteiger partial charge in [-0.05, 0) is 45.2 Å². The van der Waals surface area contributed by atoms with Crippen molar-refractivity contribution in [1.82, 2.24) is 10.2 Å². The van der Waals surface area contributed by atoms with Gasteiger partial charge in [-0.3, -0.25) is 9.59 Å². The molecule has 114 valence electrons. The summed E-state index contributed by atoms with van der Waals surface area (Å²) in [5.41, 5.74) is -0.995. The first kappa shape index (κ1) is 15.3. The number of carboxylic acids is 1. The van der Waals surface area contributed by atoms with Crippen molar-refractivity contribution in [2.24, 2.45) is 10.8 Å². The van der Waals surface area contributed by atoms with Crippen molar-refractivity contribution >= 4 is 11.9 Å². The zero-order valence-electron chi connectivity index (χ0n) is 12.6. The molecule has 1 unspecified atom stereocenters. The van der Waals surface area contributed by atoms with Crippen LogP contribution in [-0.4, -0.2) is 48.1 Å². The van der Waals surface area contributed by atoms with E-state index in [1.165, 1.54) is 0 Å². The largest absolute Gasteiger partial charge is 0.481 e. The fraction of sp³-hybridized carbons (Fsp3) is 0.867. The van der Waals surface area contributed by atoms with E-state index in [0.717, 1.165) is 32.4 Å². The van der Waals surface area contributed by atoms with E-state index in [0.29, 0.717) is 25.9 Å². The van der Waals surface area contributed by atoms with Crippen molar-refractivity contribution in [3.05, 3.63) is 0 Å². The Morgan fingerprint density at radius 2 is 1.70 bits per heavy atom. The summed E-state index contributed by atoms with van der Waals surface area (Å²) < 4.78 is 0. The van der Waals surface area contributed by atoms with Crippen LogP contribution >= 0.6 is 0 Å². The van der Waals surface area contributed by atoms with Gasteiger partial charge in [-0.15, -0.1) is 0 Å². The van der Waals surface area contributed by atoms with E-state index in [4.69, 9.17) is 0 Å². The van der Waals surface area contributed by atoms with Crippen molar-refractivity contribution in [1.29, 1.82) is 0 Å². The summed E-state index contributed by atoms with van der Waals surface area (Å²) in [4.78, 5) is 26.2. The SMILES string of the molecule is CCC1(C(=O)O)CCN(C(=O)C2(CC)CCNCC2)C1. The Balaban J connectivity index is 2.12. The van der Waals surface area contributed by atoms with E-state index in [2.05, 4.69) is 12.2 Å². The highest BCUT2D eigenvalue weighted by molar-refractivity contribution is 5.85. The normalized spacial score (nSPS) is 29.4. The van der Waals surface area contributed by atoms with Gasteiger partial charge >= 0.3 is 5.97 Å². The Morgan fingerprint density at radius 3 is 2.15 bits per heavy atom. The maximum Gasteiger partial charge on any atom is 0.311 e. The van der Waals surface area contributed by atoms with Gasteiger partial charge in [0.15, 0.2) is 0 Å². The molecule has 2 aliphatic rings.